The van der Waals surface area contributed by atoms with Gasteiger partial charge in [0.1, 0.15) is 23.6 Å². The predicted octanol–water partition coefficient (Wildman–Crippen LogP) is 3.30. The lowest BCUT2D eigenvalue weighted by Crippen LogP contribution is -2.05. The van der Waals surface area contributed by atoms with Crippen molar-refractivity contribution in [2.45, 2.75) is 37.7 Å². The normalized spacial score (nSPS) is 17.6. The predicted molar refractivity (Wildman–Crippen MR) is 115 cm³/mol. The van der Waals surface area contributed by atoms with Crippen LogP contribution in [0, 0.1) is 0 Å². The molecule has 2 aliphatic carbocycles. The molecule has 3 N–H and O–H groups in total. The van der Waals surface area contributed by atoms with Crippen LogP contribution in [0.4, 0.5) is 5.82 Å². The molecule has 4 aromatic rings. The number of nitrogen functional groups attached to an aromatic ring is 1. The summed E-state index contributed by atoms with van der Waals surface area (Å²) in [5.74, 6) is 1.03. The van der Waals surface area contributed by atoms with E-state index in [9.17, 15) is 9.90 Å². The second kappa shape index (κ2) is 6.89. The highest BCUT2D eigenvalue weighted by molar-refractivity contribution is 6.03. The summed E-state index contributed by atoms with van der Waals surface area (Å²) < 4.78 is 12.5. The number of nitrogens with zero attached hydrogens (tertiary/aromatic N) is 4. The molecule has 9 nitrogen and oxygen atoms in total. The number of benzene rings is 1. The number of anilines is 1. The van der Waals surface area contributed by atoms with Gasteiger partial charge in [0.25, 0.3) is 0 Å². The van der Waals surface area contributed by atoms with Gasteiger partial charge in [-0.15, -0.1) is 0 Å². The van der Waals surface area contributed by atoms with E-state index >= 15 is 0 Å². The molecule has 3 aromatic heterocycles. The molecule has 2 aliphatic rings. The lowest BCUT2D eigenvalue weighted by Gasteiger charge is -2.12. The monoisotopic (exact) mass is 431 g/mol. The van der Waals surface area contributed by atoms with Crippen molar-refractivity contribution in [2.24, 2.45) is 0 Å². The van der Waals surface area contributed by atoms with E-state index in [1.165, 1.54) is 13.4 Å². The Morgan fingerprint density at radius 1 is 1.22 bits per heavy atom. The molecule has 6 rings (SSSR count). The number of hydrogen-bond acceptors (Lipinski definition) is 8. The largest absolute Gasteiger partial charge is 0.465 e. The fourth-order valence-corrected chi connectivity index (χ4v) is 4.69. The summed E-state index contributed by atoms with van der Waals surface area (Å²) in [6, 6.07) is 7.10. The van der Waals surface area contributed by atoms with E-state index in [1.54, 1.807) is 12.1 Å². The SMILES string of the molecule is COC(=O)c1ccc(-n2c3c(c4c(N)ncnc42)-c2noc(C4CC4)c2C(O)CC3)cc1. The summed E-state index contributed by atoms with van der Waals surface area (Å²) in [4.78, 5) is 20.6. The van der Waals surface area contributed by atoms with Crippen molar-refractivity contribution in [1.29, 1.82) is 0 Å². The minimum absolute atomic E-state index is 0.315. The number of carbonyl (C=O) groups excluding carboxylic acids is 1. The van der Waals surface area contributed by atoms with Gasteiger partial charge in [-0.2, -0.15) is 0 Å². The molecule has 9 heteroatoms. The van der Waals surface area contributed by atoms with Crippen LogP contribution >= 0.6 is 0 Å². The summed E-state index contributed by atoms with van der Waals surface area (Å²) in [5, 5.41) is 16.1. The van der Waals surface area contributed by atoms with Gasteiger partial charge in [0.2, 0.25) is 0 Å². The van der Waals surface area contributed by atoms with E-state index in [0.29, 0.717) is 46.9 Å². The average Bonchev–Trinajstić information content (AvgIpc) is 3.50. The lowest BCUT2D eigenvalue weighted by molar-refractivity contribution is 0.0600. The second-order valence-corrected chi connectivity index (χ2v) is 8.29. The first-order chi connectivity index (χ1) is 15.6. The molecular weight excluding hydrogens is 410 g/mol. The standard InChI is InChI=1S/C23H21N5O4/c1-31-23(30)12-4-6-13(7-5-12)28-14-8-9-15(29)17-19(27-32-20(17)11-2-3-11)16(14)18-21(24)25-10-26-22(18)28/h4-7,10-11,15,29H,2-3,8-9H2,1H3,(H2,24,25,26). The number of fused-ring (bicyclic) bond motifs is 5. The molecule has 0 spiro atoms. The molecule has 1 unspecified atom stereocenters. The number of esters is 1. The highest BCUT2D eigenvalue weighted by Crippen LogP contribution is 2.50. The number of aliphatic hydroxyl groups is 1. The van der Waals surface area contributed by atoms with Crippen molar-refractivity contribution in [3.63, 3.8) is 0 Å². The van der Waals surface area contributed by atoms with Crippen LogP contribution in [0.15, 0.2) is 35.1 Å². The number of aromatic nitrogens is 4. The van der Waals surface area contributed by atoms with E-state index in [4.69, 9.17) is 15.0 Å². The van der Waals surface area contributed by atoms with Crippen molar-refractivity contribution in [1.82, 2.24) is 19.7 Å². The minimum Gasteiger partial charge on any atom is -0.465 e. The Morgan fingerprint density at radius 2 is 2.00 bits per heavy atom. The van der Waals surface area contributed by atoms with Crippen LogP contribution in [-0.2, 0) is 11.2 Å². The first-order valence-electron chi connectivity index (χ1n) is 10.6. The maximum atomic E-state index is 11.9. The van der Waals surface area contributed by atoms with Crippen molar-refractivity contribution >= 4 is 22.8 Å². The van der Waals surface area contributed by atoms with Gasteiger partial charge in [-0.3, -0.25) is 4.57 Å². The van der Waals surface area contributed by atoms with Gasteiger partial charge < -0.3 is 20.1 Å². The first kappa shape index (κ1) is 19.0. The van der Waals surface area contributed by atoms with Crippen LogP contribution in [-0.4, -0.2) is 37.9 Å². The molecule has 32 heavy (non-hydrogen) atoms. The number of ether oxygens (including phenoxy) is 1. The Balaban J connectivity index is 1.63. The molecule has 1 saturated carbocycles. The van der Waals surface area contributed by atoms with Crippen LogP contribution < -0.4 is 5.73 Å². The quantitative estimate of drug-likeness (QED) is 0.473. The molecule has 162 valence electrons. The van der Waals surface area contributed by atoms with E-state index in [1.807, 2.05) is 16.7 Å². The number of rotatable bonds is 3. The van der Waals surface area contributed by atoms with Crippen molar-refractivity contribution < 1.29 is 19.2 Å². The van der Waals surface area contributed by atoms with E-state index in [2.05, 4.69) is 15.1 Å². The van der Waals surface area contributed by atoms with Crippen LogP contribution in [0.3, 0.4) is 0 Å². The van der Waals surface area contributed by atoms with Gasteiger partial charge in [0.15, 0.2) is 5.65 Å². The lowest BCUT2D eigenvalue weighted by atomic mass is 10.0. The van der Waals surface area contributed by atoms with Gasteiger partial charge >= 0.3 is 5.97 Å². The Morgan fingerprint density at radius 3 is 2.72 bits per heavy atom. The van der Waals surface area contributed by atoms with Gasteiger partial charge in [0, 0.05) is 22.9 Å². The van der Waals surface area contributed by atoms with Crippen LogP contribution in [0.1, 0.15) is 58.7 Å². The van der Waals surface area contributed by atoms with Crippen molar-refractivity contribution in [3.05, 3.63) is 53.2 Å². The Hall–Kier alpha value is -3.72. The van der Waals surface area contributed by atoms with Crippen LogP contribution in [0.2, 0.25) is 0 Å². The Kier molecular flexibility index (Phi) is 4.09. The Bertz CT molecular complexity index is 1370. The minimum atomic E-state index is -0.671. The third-order valence-corrected chi connectivity index (χ3v) is 6.35. The van der Waals surface area contributed by atoms with Gasteiger partial charge in [0.05, 0.1) is 29.7 Å². The molecule has 0 amide bonds. The second-order valence-electron chi connectivity index (χ2n) is 8.29. The summed E-state index contributed by atoms with van der Waals surface area (Å²) in [6.07, 6.45) is 3.96. The van der Waals surface area contributed by atoms with Gasteiger partial charge in [-0.05, 0) is 49.9 Å². The van der Waals surface area contributed by atoms with E-state index in [-0.39, 0.29) is 0 Å². The third-order valence-electron chi connectivity index (χ3n) is 6.35. The summed E-state index contributed by atoms with van der Waals surface area (Å²) in [5.41, 5.74) is 11.3. The molecule has 0 bridgehead atoms. The molecule has 3 heterocycles. The first-order valence-corrected chi connectivity index (χ1v) is 10.6. The molecule has 1 aromatic carbocycles. The number of hydrogen-bond donors (Lipinski definition) is 2. The molecular formula is C23H21N5O4. The number of carbonyl (C=O) groups is 1. The maximum absolute atomic E-state index is 11.9. The van der Waals surface area contributed by atoms with Crippen molar-refractivity contribution in [3.8, 4) is 16.9 Å². The highest BCUT2D eigenvalue weighted by atomic mass is 16.5. The zero-order chi connectivity index (χ0) is 22.0. The molecule has 0 radical (unpaired) electrons. The number of nitrogens with two attached hydrogens (primary N) is 1. The molecule has 0 aliphatic heterocycles. The summed E-state index contributed by atoms with van der Waals surface area (Å²) in [6.45, 7) is 0. The maximum Gasteiger partial charge on any atom is 0.337 e. The summed E-state index contributed by atoms with van der Waals surface area (Å²) >= 11 is 0. The summed E-state index contributed by atoms with van der Waals surface area (Å²) in [7, 11) is 1.35. The van der Waals surface area contributed by atoms with Crippen LogP contribution in [0.25, 0.3) is 28.0 Å². The molecule has 1 atom stereocenters. The Labute approximate surface area is 182 Å². The van der Waals surface area contributed by atoms with E-state index in [0.717, 1.165) is 41.1 Å². The highest BCUT2D eigenvalue weighted by Gasteiger charge is 2.39. The average molecular weight is 431 g/mol. The topological polar surface area (TPSA) is 129 Å². The van der Waals surface area contributed by atoms with E-state index < -0.39 is 12.1 Å². The van der Waals surface area contributed by atoms with Crippen molar-refractivity contribution in [2.75, 3.05) is 12.8 Å². The van der Waals surface area contributed by atoms with Gasteiger partial charge in [-0.25, -0.2) is 14.8 Å². The third kappa shape index (κ3) is 2.67. The van der Waals surface area contributed by atoms with Crippen LogP contribution in [0.5, 0.6) is 0 Å². The number of aliphatic hydroxyl groups excluding tert-OH is 1. The number of methoxy groups -OCH3 is 1. The molecule has 1 fully saturated rings. The fraction of sp³-hybridized carbons (Fsp3) is 0.304. The fourth-order valence-electron chi connectivity index (χ4n) is 4.69. The zero-order valence-corrected chi connectivity index (χ0v) is 17.4. The van der Waals surface area contributed by atoms with Gasteiger partial charge in [-0.1, -0.05) is 5.16 Å². The smallest absolute Gasteiger partial charge is 0.337 e. The molecule has 0 saturated heterocycles. The zero-order valence-electron chi connectivity index (χ0n) is 17.4.